The maximum Gasteiger partial charge on any atom is 0.274 e. The van der Waals surface area contributed by atoms with E-state index in [1.807, 2.05) is 54.6 Å². The SMILES string of the molecule is NCc1ccc(CN2C(=O)C(c3ccccc3)Oc3ccc(N)nc32)cc1. The van der Waals surface area contributed by atoms with Crippen molar-refractivity contribution in [2.75, 3.05) is 10.6 Å². The summed E-state index contributed by atoms with van der Waals surface area (Å²) in [6, 6.07) is 20.7. The molecule has 2 aromatic carbocycles. The van der Waals surface area contributed by atoms with Crippen LogP contribution < -0.4 is 21.1 Å². The molecule has 3 aromatic rings. The molecule has 1 aromatic heterocycles. The number of nitrogens with two attached hydrogens (primary N) is 2. The number of rotatable bonds is 4. The number of nitrogen functional groups attached to an aromatic ring is 1. The summed E-state index contributed by atoms with van der Waals surface area (Å²) in [6.07, 6.45) is -0.715. The average molecular weight is 360 g/mol. The minimum Gasteiger partial charge on any atom is -0.472 e. The van der Waals surface area contributed by atoms with Crippen molar-refractivity contribution >= 4 is 17.5 Å². The number of amides is 1. The molecule has 6 nitrogen and oxygen atoms in total. The van der Waals surface area contributed by atoms with E-state index in [-0.39, 0.29) is 5.91 Å². The van der Waals surface area contributed by atoms with E-state index in [0.717, 1.165) is 16.7 Å². The molecule has 4 N–H and O–H groups in total. The fourth-order valence-corrected chi connectivity index (χ4v) is 3.11. The molecule has 0 fully saturated rings. The summed E-state index contributed by atoms with van der Waals surface area (Å²) in [5, 5.41) is 0. The van der Waals surface area contributed by atoms with Crippen LogP contribution in [0.3, 0.4) is 0 Å². The van der Waals surface area contributed by atoms with Crippen LogP contribution in [0.2, 0.25) is 0 Å². The second-order valence-electron chi connectivity index (χ2n) is 6.41. The number of pyridine rings is 1. The highest BCUT2D eigenvalue weighted by Gasteiger charge is 2.36. The molecule has 1 aliphatic heterocycles. The van der Waals surface area contributed by atoms with Gasteiger partial charge in [-0.1, -0.05) is 54.6 Å². The third-order valence-corrected chi connectivity index (χ3v) is 4.55. The first-order valence-corrected chi connectivity index (χ1v) is 8.73. The van der Waals surface area contributed by atoms with E-state index in [1.54, 1.807) is 17.0 Å². The van der Waals surface area contributed by atoms with Crippen LogP contribution in [-0.4, -0.2) is 10.9 Å². The summed E-state index contributed by atoms with van der Waals surface area (Å²) < 4.78 is 5.96. The smallest absolute Gasteiger partial charge is 0.274 e. The third-order valence-electron chi connectivity index (χ3n) is 4.55. The lowest BCUT2D eigenvalue weighted by Crippen LogP contribution is -2.41. The van der Waals surface area contributed by atoms with Crippen molar-refractivity contribution in [3.8, 4) is 5.75 Å². The van der Waals surface area contributed by atoms with Crippen molar-refractivity contribution in [2.24, 2.45) is 5.73 Å². The van der Waals surface area contributed by atoms with E-state index >= 15 is 0 Å². The van der Waals surface area contributed by atoms with Crippen LogP contribution in [0.25, 0.3) is 0 Å². The summed E-state index contributed by atoms with van der Waals surface area (Å²) in [4.78, 5) is 19.2. The fourth-order valence-electron chi connectivity index (χ4n) is 3.11. The highest BCUT2D eigenvalue weighted by atomic mass is 16.5. The summed E-state index contributed by atoms with van der Waals surface area (Å²) >= 11 is 0. The summed E-state index contributed by atoms with van der Waals surface area (Å²) in [5.41, 5.74) is 14.3. The molecule has 0 saturated heterocycles. The second kappa shape index (κ2) is 7.09. The number of carbonyl (C=O) groups excluding carboxylic acids is 1. The Kier molecular flexibility index (Phi) is 4.48. The molecule has 0 radical (unpaired) electrons. The molecule has 0 aliphatic carbocycles. The Hall–Kier alpha value is -3.38. The molecule has 4 rings (SSSR count). The van der Waals surface area contributed by atoms with Crippen LogP contribution in [0.1, 0.15) is 22.8 Å². The lowest BCUT2D eigenvalue weighted by atomic mass is 10.1. The molecular weight excluding hydrogens is 340 g/mol. The minimum absolute atomic E-state index is 0.172. The topological polar surface area (TPSA) is 94.5 Å². The number of benzene rings is 2. The molecule has 1 unspecified atom stereocenters. The predicted octanol–water partition coefficient (Wildman–Crippen LogP) is 2.79. The van der Waals surface area contributed by atoms with Crippen LogP contribution in [0.15, 0.2) is 66.7 Å². The first-order chi connectivity index (χ1) is 13.2. The number of anilines is 2. The van der Waals surface area contributed by atoms with Gasteiger partial charge in [0.25, 0.3) is 5.91 Å². The molecule has 136 valence electrons. The molecule has 0 spiro atoms. The zero-order valence-corrected chi connectivity index (χ0v) is 14.7. The van der Waals surface area contributed by atoms with Gasteiger partial charge in [0.05, 0.1) is 6.54 Å². The van der Waals surface area contributed by atoms with E-state index in [2.05, 4.69) is 4.98 Å². The van der Waals surface area contributed by atoms with Crippen molar-refractivity contribution in [3.63, 3.8) is 0 Å². The van der Waals surface area contributed by atoms with Gasteiger partial charge in [-0.15, -0.1) is 0 Å². The quantitative estimate of drug-likeness (QED) is 0.746. The van der Waals surface area contributed by atoms with Gasteiger partial charge in [-0.2, -0.15) is 0 Å². The third kappa shape index (κ3) is 3.35. The molecular formula is C21H20N4O2. The van der Waals surface area contributed by atoms with Crippen LogP contribution in [0.5, 0.6) is 5.75 Å². The van der Waals surface area contributed by atoms with Crippen molar-refractivity contribution in [3.05, 3.63) is 83.4 Å². The maximum atomic E-state index is 13.2. The summed E-state index contributed by atoms with van der Waals surface area (Å²) in [5.74, 6) is 1.15. The van der Waals surface area contributed by atoms with Crippen LogP contribution in [0.4, 0.5) is 11.6 Å². The van der Waals surface area contributed by atoms with Gasteiger partial charge >= 0.3 is 0 Å². The van der Waals surface area contributed by atoms with Crippen LogP contribution in [0, 0.1) is 0 Å². The molecule has 1 atom stereocenters. The second-order valence-corrected chi connectivity index (χ2v) is 6.41. The Morgan fingerprint density at radius 3 is 2.37 bits per heavy atom. The molecule has 2 heterocycles. The van der Waals surface area contributed by atoms with Gasteiger partial charge < -0.3 is 16.2 Å². The molecule has 27 heavy (non-hydrogen) atoms. The minimum atomic E-state index is -0.715. The van der Waals surface area contributed by atoms with Gasteiger partial charge in [0.2, 0.25) is 6.10 Å². The van der Waals surface area contributed by atoms with E-state index < -0.39 is 6.10 Å². The van der Waals surface area contributed by atoms with Gasteiger partial charge in [-0.3, -0.25) is 9.69 Å². The van der Waals surface area contributed by atoms with E-state index in [9.17, 15) is 4.79 Å². The number of ether oxygens (including phenoxy) is 1. The van der Waals surface area contributed by atoms with Crippen molar-refractivity contribution in [2.45, 2.75) is 19.2 Å². The Bertz CT molecular complexity index is 958. The molecule has 1 amide bonds. The summed E-state index contributed by atoms with van der Waals surface area (Å²) in [7, 11) is 0. The standard InChI is InChI=1S/C21H20N4O2/c22-12-14-6-8-15(9-7-14)13-25-20-17(10-11-18(23)24-20)27-19(21(25)26)16-4-2-1-3-5-16/h1-11,19H,12-13,22H2,(H2,23,24). The number of carbonyl (C=O) groups is 1. The predicted molar refractivity (Wildman–Crippen MR) is 104 cm³/mol. The van der Waals surface area contributed by atoms with Crippen LogP contribution >= 0.6 is 0 Å². The summed E-state index contributed by atoms with van der Waals surface area (Å²) in [6.45, 7) is 0.855. The fraction of sp³-hybridized carbons (Fsp3) is 0.143. The molecule has 0 saturated carbocycles. The lowest BCUT2D eigenvalue weighted by Gasteiger charge is -2.33. The maximum absolute atomic E-state index is 13.2. The zero-order chi connectivity index (χ0) is 18.8. The Labute approximate surface area is 157 Å². The molecule has 0 bridgehead atoms. The van der Waals surface area contributed by atoms with E-state index in [1.165, 1.54) is 0 Å². The van der Waals surface area contributed by atoms with Gasteiger partial charge in [0.15, 0.2) is 11.6 Å². The van der Waals surface area contributed by atoms with Gasteiger partial charge in [0, 0.05) is 12.1 Å². The highest BCUT2D eigenvalue weighted by molar-refractivity contribution is 5.99. The number of hydrogen-bond acceptors (Lipinski definition) is 5. The number of aromatic nitrogens is 1. The Morgan fingerprint density at radius 1 is 0.963 bits per heavy atom. The van der Waals surface area contributed by atoms with E-state index in [0.29, 0.717) is 30.5 Å². The number of fused-ring (bicyclic) bond motifs is 1. The first kappa shape index (κ1) is 17.1. The van der Waals surface area contributed by atoms with E-state index in [4.69, 9.17) is 16.2 Å². The normalized spacial score (nSPS) is 16.0. The average Bonchev–Trinajstić information content (AvgIpc) is 2.71. The Morgan fingerprint density at radius 2 is 1.67 bits per heavy atom. The van der Waals surface area contributed by atoms with Gasteiger partial charge in [-0.05, 0) is 23.3 Å². The number of nitrogens with zero attached hydrogens (tertiary/aromatic N) is 2. The Balaban J connectivity index is 1.72. The van der Waals surface area contributed by atoms with Gasteiger partial charge in [-0.25, -0.2) is 4.98 Å². The molecule has 6 heteroatoms. The largest absolute Gasteiger partial charge is 0.472 e. The molecule has 1 aliphatic rings. The van der Waals surface area contributed by atoms with Crippen molar-refractivity contribution in [1.29, 1.82) is 0 Å². The van der Waals surface area contributed by atoms with Crippen molar-refractivity contribution in [1.82, 2.24) is 4.98 Å². The lowest BCUT2D eigenvalue weighted by molar-refractivity contribution is -0.126. The zero-order valence-electron chi connectivity index (χ0n) is 14.7. The van der Waals surface area contributed by atoms with Crippen LogP contribution in [-0.2, 0) is 17.9 Å². The number of hydrogen-bond donors (Lipinski definition) is 2. The van der Waals surface area contributed by atoms with Crippen molar-refractivity contribution < 1.29 is 9.53 Å². The first-order valence-electron chi connectivity index (χ1n) is 8.73. The monoisotopic (exact) mass is 360 g/mol. The van der Waals surface area contributed by atoms with Gasteiger partial charge in [0.1, 0.15) is 5.82 Å². The highest BCUT2D eigenvalue weighted by Crippen LogP contribution is 2.38.